The van der Waals surface area contributed by atoms with Crippen LogP contribution in [0, 0.1) is 0 Å². The molecular formula is C14H13BrN2O3. The molecule has 0 saturated carbocycles. The summed E-state index contributed by atoms with van der Waals surface area (Å²) < 4.78 is 17.4. The molecule has 1 aliphatic heterocycles. The second kappa shape index (κ2) is 5.68. The van der Waals surface area contributed by atoms with Crippen LogP contribution in [0.3, 0.4) is 0 Å². The van der Waals surface area contributed by atoms with E-state index in [9.17, 15) is 0 Å². The van der Waals surface area contributed by atoms with E-state index in [0.29, 0.717) is 23.9 Å². The van der Waals surface area contributed by atoms with Gasteiger partial charge in [-0.3, -0.25) is 0 Å². The molecule has 1 N–H and O–H groups in total. The summed E-state index contributed by atoms with van der Waals surface area (Å²) in [6.07, 6.45) is 1.71. The molecule has 0 amide bonds. The Morgan fingerprint density at radius 2 is 2.15 bits per heavy atom. The van der Waals surface area contributed by atoms with Crippen LogP contribution in [0.1, 0.15) is 5.56 Å². The summed E-state index contributed by atoms with van der Waals surface area (Å²) in [4.78, 5) is 4.30. The minimum Gasteiger partial charge on any atom is -0.454 e. The summed E-state index contributed by atoms with van der Waals surface area (Å²) in [6.45, 7) is 0.923. The topological polar surface area (TPSA) is 52.6 Å². The first kappa shape index (κ1) is 13.2. The van der Waals surface area contributed by atoms with Gasteiger partial charge >= 0.3 is 0 Å². The number of benzene rings is 1. The van der Waals surface area contributed by atoms with Crippen molar-refractivity contribution in [3.63, 3.8) is 0 Å². The van der Waals surface area contributed by atoms with Gasteiger partial charge in [-0.05, 0) is 41.2 Å². The van der Waals surface area contributed by atoms with Crippen LogP contribution in [0.4, 0.5) is 0 Å². The molecule has 0 radical (unpaired) electrons. The van der Waals surface area contributed by atoms with Crippen LogP contribution in [0.2, 0.25) is 0 Å². The molecule has 104 valence electrons. The van der Waals surface area contributed by atoms with Gasteiger partial charge in [0.1, 0.15) is 5.75 Å². The number of pyridine rings is 1. The first-order chi connectivity index (χ1) is 9.76. The number of nitrogens with one attached hydrogen (secondary N) is 1. The van der Waals surface area contributed by atoms with Crippen LogP contribution in [-0.4, -0.2) is 18.8 Å². The van der Waals surface area contributed by atoms with Crippen LogP contribution in [0.25, 0.3) is 0 Å². The molecule has 1 aromatic carbocycles. The number of hydrogen-bond acceptors (Lipinski definition) is 5. The van der Waals surface area contributed by atoms with Crippen molar-refractivity contribution in [3.8, 4) is 23.1 Å². The molecule has 0 aliphatic carbocycles. The lowest BCUT2D eigenvalue weighted by molar-refractivity contribution is 0.174. The van der Waals surface area contributed by atoms with Crippen molar-refractivity contribution in [2.24, 2.45) is 0 Å². The fourth-order valence-electron chi connectivity index (χ4n) is 1.93. The first-order valence-electron chi connectivity index (χ1n) is 6.13. The number of aromatic nitrogens is 1. The van der Waals surface area contributed by atoms with E-state index in [4.69, 9.17) is 14.2 Å². The Morgan fingerprint density at radius 1 is 1.30 bits per heavy atom. The maximum Gasteiger partial charge on any atom is 0.231 e. The molecule has 20 heavy (non-hydrogen) atoms. The Morgan fingerprint density at radius 3 is 3.00 bits per heavy atom. The van der Waals surface area contributed by atoms with Crippen molar-refractivity contribution in [2.45, 2.75) is 6.54 Å². The minimum absolute atomic E-state index is 0.250. The Hall–Kier alpha value is -1.79. The van der Waals surface area contributed by atoms with Crippen LogP contribution in [0.5, 0.6) is 23.1 Å². The van der Waals surface area contributed by atoms with Gasteiger partial charge in [0.15, 0.2) is 11.5 Å². The summed E-state index contributed by atoms with van der Waals surface area (Å²) in [5.41, 5.74) is 0.972. The lowest BCUT2D eigenvalue weighted by Crippen LogP contribution is -2.07. The molecule has 1 aromatic heterocycles. The van der Waals surface area contributed by atoms with Crippen LogP contribution >= 0.6 is 15.9 Å². The lowest BCUT2D eigenvalue weighted by Gasteiger charge is -2.10. The predicted molar refractivity (Wildman–Crippen MR) is 77.3 cm³/mol. The molecule has 0 unspecified atom stereocenters. The molecule has 0 atom stereocenters. The van der Waals surface area contributed by atoms with Gasteiger partial charge < -0.3 is 19.5 Å². The number of hydrogen-bond donors (Lipinski definition) is 1. The van der Waals surface area contributed by atoms with Crippen molar-refractivity contribution in [3.05, 3.63) is 40.5 Å². The van der Waals surface area contributed by atoms with Gasteiger partial charge in [-0.2, -0.15) is 0 Å². The molecule has 0 fully saturated rings. The zero-order valence-electron chi connectivity index (χ0n) is 10.9. The molecule has 1 aliphatic rings. The third-order valence-electron chi connectivity index (χ3n) is 2.82. The summed E-state index contributed by atoms with van der Waals surface area (Å²) in [7, 11) is 1.88. The van der Waals surface area contributed by atoms with E-state index in [-0.39, 0.29) is 6.79 Å². The van der Waals surface area contributed by atoms with Gasteiger partial charge in [-0.1, -0.05) is 0 Å². The lowest BCUT2D eigenvalue weighted by atomic mass is 10.2. The highest BCUT2D eigenvalue weighted by Crippen LogP contribution is 2.36. The standard InChI is InChI=1S/C14H13BrN2O3/c1-16-6-9-4-10(15)7-17-14(9)20-11-2-3-12-13(5-11)19-8-18-12/h2-5,7,16H,6,8H2,1H3. The van der Waals surface area contributed by atoms with E-state index in [1.807, 2.05) is 25.2 Å². The summed E-state index contributed by atoms with van der Waals surface area (Å²) in [5, 5.41) is 3.09. The summed E-state index contributed by atoms with van der Waals surface area (Å²) in [6, 6.07) is 7.44. The van der Waals surface area contributed by atoms with Crippen LogP contribution in [-0.2, 0) is 6.54 Å². The molecule has 2 heterocycles. The number of ether oxygens (including phenoxy) is 3. The van der Waals surface area contributed by atoms with Gasteiger partial charge in [-0.15, -0.1) is 0 Å². The maximum atomic E-state index is 5.83. The normalized spacial score (nSPS) is 12.5. The average Bonchev–Trinajstić information content (AvgIpc) is 2.89. The molecule has 0 saturated heterocycles. The Balaban J connectivity index is 1.87. The quantitative estimate of drug-likeness (QED) is 0.929. The number of fused-ring (bicyclic) bond motifs is 1. The molecule has 6 heteroatoms. The monoisotopic (exact) mass is 336 g/mol. The number of nitrogens with zero attached hydrogens (tertiary/aromatic N) is 1. The molecule has 0 spiro atoms. The molecule has 3 rings (SSSR count). The number of rotatable bonds is 4. The van der Waals surface area contributed by atoms with Crippen molar-refractivity contribution in [1.82, 2.24) is 10.3 Å². The average molecular weight is 337 g/mol. The summed E-state index contributed by atoms with van der Waals surface area (Å²) in [5.74, 6) is 2.66. The largest absolute Gasteiger partial charge is 0.454 e. The first-order valence-corrected chi connectivity index (χ1v) is 6.92. The predicted octanol–water partition coefficient (Wildman–Crippen LogP) is 3.08. The molecule has 2 aromatic rings. The van der Waals surface area contributed by atoms with E-state index in [2.05, 4.69) is 26.2 Å². The Kier molecular flexibility index (Phi) is 3.75. The third kappa shape index (κ3) is 2.71. The molecular weight excluding hydrogens is 324 g/mol. The second-order valence-corrected chi connectivity index (χ2v) is 5.18. The second-order valence-electron chi connectivity index (χ2n) is 4.27. The Labute approximate surface area is 125 Å². The van der Waals surface area contributed by atoms with Crippen molar-refractivity contribution < 1.29 is 14.2 Å². The number of halogens is 1. The maximum absolute atomic E-state index is 5.83. The zero-order chi connectivity index (χ0) is 13.9. The minimum atomic E-state index is 0.250. The van der Waals surface area contributed by atoms with Crippen molar-refractivity contribution >= 4 is 15.9 Å². The van der Waals surface area contributed by atoms with Crippen molar-refractivity contribution in [2.75, 3.05) is 13.8 Å². The van der Waals surface area contributed by atoms with E-state index in [1.165, 1.54) is 0 Å². The van der Waals surface area contributed by atoms with Crippen molar-refractivity contribution in [1.29, 1.82) is 0 Å². The highest BCUT2D eigenvalue weighted by Gasteiger charge is 2.15. The van der Waals surface area contributed by atoms with E-state index < -0.39 is 0 Å². The fourth-order valence-corrected chi connectivity index (χ4v) is 2.31. The van der Waals surface area contributed by atoms with Crippen LogP contribution < -0.4 is 19.5 Å². The zero-order valence-corrected chi connectivity index (χ0v) is 12.4. The third-order valence-corrected chi connectivity index (χ3v) is 3.25. The fraction of sp³-hybridized carbons (Fsp3) is 0.214. The van der Waals surface area contributed by atoms with Gasteiger partial charge in [0.05, 0.1) is 0 Å². The highest BCUT2D eigenvalue weighted by atomic mass is 79.9. The van der Waals surface area contributed by atoms with Crippen LogP contribution in [0.15, 0.2) is 34.9 Å². The SMILES string of the molecule is CNCc1cc(Br)cnc1Oc1ccc2c(c1)OCO2. The molecule has 0 bridgehead atoms. The summed E-state index contributed by atoms with van der Waals surface area (Å²) >= 11 is 3.41. The van der Waals surface area contributed by atoms with E-state index >= 15 is 0 Å². The van der Waals surface area contributed by atoms with Gasteiger partial charge in [0.2, 0.25) is 12.7 Å². The Bertz CT molecular complexity index is 634. The van der Waals surface area contributed by atoms with Gasteiger partial charge in [0, 0.05) is 28.8 Å². The highest BCUT2D eigenvalue weighted by molar-refractivity contribution is 9.10. The molecule has 5 nitrogen and oxygen atoms in total. The van der Waals surface area contributed by atoms with Gasteiger partial charge in [-0.25, -0.2) is 4.98 Å². The van der Waals surface area contributed by atoms with E-state index in [0.717, 1.165) is 15.8 Å². The van der Waals surface area contributed by atoms with E-state index in [1.54, 1.807) is 12.3 Å². The van der Waals surface area contributed by atoms with Gasteiger partial charge in [0.25, 0.3) is 0 Å². The smallest absolute Gasteiger partial charge is 0.231 e.